The zero-order chi connectivity index (χ0) is 61.7. The maximum absolute atomic E-state index is 7.73. The molecule has 0 aliphatic carbocycles. The van der Waals surface area contributed by atoms with Crippen LogP contribution in [0.25, 0.3) is 138 Å². The number of rotatable bonds is 7. The molecule has 0 amide bonds. The molecule has 92 heavy (non-hydrogen) atoms. The Morgan fingerprint density at radius 2 is 0.848 bits per heavy atom. The van der Waals surface area contributed by atoms with Crippen LogP contribution >= 0.6 is 0 Å². The normalized spacial score (nSPS) is 12.8. The number of hydrogen-bond acceptors (Lipinski definition) is 2. The topological polar surface area (TPSA) is 21.3 Å². The van der Waals surface area contributed by atoms with Crippen LogP contribution in [0.1, 0.15) is 52.7 Å². The summed E-state index contributed by atoms with van der Waals surface area (Å²) in [5.74, 6) is 0. The van der Waals surface area contributed by atoms with Gasteiger partial charge in [0.15, 0.2) is 0 Å². The lowest BCUT2D eigenvalue weighted by atomic mass is 9.35. The van der Waals surface area contributed by atoms with E-state index in [4.69, 9.17) is 4.42 Å². The van der Waals surface area contributed by atoms with Crippen molar-refractivity contribution in [2.24, 2.45) is 0 Å². The predicted molar refractivity (Wildman–Crippen MR) is 392 cm³/mol. The summed E-state index contributed by atoms with van der Waals surface area (Å²) in [6.45, 7) is 13.6. The number of fused-ring (bicyclic) bond motifs is 16. The van der Waals surface area contributed by atoms with Crippen LogP contribution < -0.4 is 21.5 Å². The Hall–Kier alpha value is -10.9. The third kappa shape index (κ3) is 8.22. The molecule has 0 unspecified atom stereocenters. The van der Waals surface area contributed by atoms with E-state index in [1.807, 2.05) is 0 Å². The molecule has 0 N–H and O–H groups in total. The van der Waals surface area contributed by atoms with Gasteiger partial charge in [0.05, 0.1) is 22.4 Å². The molecule has 4 heterocycles. The second-order valence-corrected chi connectivity index (χ2v) is 27.5. The number of benzene rings is 14. The van der Waals surface area contributed by atoms with Crippen LogP contribution in [0.3, 0.4) is 0 Å². The molecule has 0 saturated heterocycles. The summed E-state index contributed by atoms with van der Waals surface area (Å²) in [7, 11) is 0. The summed E-state index contributed by atoms with van der Waals surface area (Å²) in [4.78, 5) is 2.58. The van der Waals surface area contributed by atoms with E-state index in [2.05, 4.69) is 336 Å². The average Bonchev–Trinajstić information content (AvgIpc) is 1.43. The molecule has 18 rings (SSSR count). The van der Waals surface area contributed by atoms with E-state index in [0.717, 1.165) is 61.6 Å². The van der Waals surface area contributed by atoms with Crippen molar-refractivity contribution in [1.82, 2.24) is 4.57 Å². The van der Waals surface area contributed by atoms with Gasteiger partial charge >= 0.3 is 0 Å². The Morgan fingerprint density at radius 1 is 0.337 bits per heavy atom. The molecule has 0 atom stereocenters. The number of nitrogens with zero attached hydrogens (tertiary/aromatic N) is 2. The van der Waals surface area contributed by atoms with Crippen LogP contribution in [-0.4, -0.2) is 11.3 Å². The van der Waals surface area contributed by atoms with Crippen molar-refractivity contribution >= 4 is 105 Å². The molecule has 2 aliphatic rings. The van der Waals surface area contributed by atoms with Crippen molar-refractivity contribution in [2.45, 2.75) is 52.4 Å². The van der Waals surface area contributed by atoms with Gasteiger partial charge in [-0.3, -0.25) is 0 Å². The van der Waals surface area contributed by atoms with Crippen LogP contribution in [0.15, 0.2) is 290 Å². The van der Waals surface area contributed by atoms with E-state index < -0.39 is 0 Å². The van der Waals surface area contributed by atoms with Crippen molar-refractivity contribution in [1.29, 1.82) is 0 Å². The first kappa shape index (κ1) is 54.0. The van der Waals surface area contributed by atoms with Gasteiger partial charge in [-0.15, -0.1) is 0 Å². The van der Waals surface area contributed by atoms with E-state index in [1.54, 1.807) is 0 Å². The third-order valence-corrected chi connectivity index (χ3v) is 20.0. The zero-order valence-electron chi connectivity index (χ0n) is 52.5. The molecule has 2 aromatic heterocycles. The van der Waals surface area contributed by atoms with Gasteiger partial charge in [-0.05, 0) is 187 Å². The summed E-state index contributed by atoms with van der Waals surface area (Å²) < 4.78 is 10.4. The van der Waals surface area contributed by atoms with Crippen molar-refractivity contribution in [2.75, 3.05) is 4.90 Å². The van der Waals surface area contributed by atoms with Gasteiger partial charge in [-0.2, -0.15) is 0 Å². The van der Waals surface area contributed by atoms with Gasteiger partial charge in [-0.1, -0.05) is 266 Å². The molecular weight excluding hydrogens is 1110 g/mol. The third-order valence-electron chi connectivity index (χ3n) is 20.0. The van der Waals surface area contributed by atoms with Crippen LogP contribution in [0.2, 0.25) is 0 Å². The van der Waals surface area contributed by atoms with Gasteiger partial charge in [0.25, 0.3) is 6.71 Å². The highest BCUT2D eigenvalue weighted by atomic mass is 16.3. The molecule has 16 aromatic rings. The summed E-state index contributed by atoms with van der Waals surface area (Å²) >= 11 is 0. The monoisotopic (exact) mass is 1180 g/mol. The van der Waals surface area contributed by atoms with E-state index in [1.165, 1.54) is 121 Å². The minimum Gasteiger partial charge on any atom is -0.468 e. The largest absolute Gasteiger partial charge is 0.468 e. The molecular formula is C88H65BN2O. The van der Waals surface area contributed by atoms with Crippen molar-refractivity contribution < 1.29 is 4.42 Å². The van der Waals surface area contributed by atoms with Crippen LogP contribution in [0.4, 0.5) is 17.1 Å². The Morgan fingerprint density at radius 3 is 1.46 bits per heavy atom. The predicted octanol–water partition coefficient (Wildman–Crippen LogP) is 22.2. The molecule has 436 valence electrons. The van der Waals surface area contributed by atoms with Gasteiger partial charge < -0.3 is 13.9 Å². The highest BCUT2D eigenvalue weighted by Crippen LogP contribution is 2.52. The molecule has 14 aromatic carbocycles. The van der Waals surface area contributed by atoms with Crippen LogP contribution in [0, 0.1) is 0 Å². The number of aromatic nitrogens is 1. The molecule has 0 bridgehead atoms. The van der Waals surface area contributed by atoms with Crippen LogP contribution in [0.5, 0.6) is 0 Å². The first-order valence-corrected chi connectivity index (χ1v) is 32.4. The molecule has 0 spiro atoms. The minimum atomic E-state index is -0.311. The average molecular weight is 1180 g/mol. The fraction of sp³-hybridized carbons (Fsp3) is 0.0909. The first-order chi connectivity index (χ1) is 44.9. The van der Waals surface area contributed by atoms with Crippen molar-refractivity contribution in [3.05, 3.63) is 296 Å². The van der Waals surface area contributed by atoms with Crippen LogP contribution in [-0.2, 0) is 10.8 Å². The van der Waals surface area contributed by atoms with Crippen molar-refractivity contribution in [3.8, 4) is 72.4 Å². The fourth-order valence-electron chi connectivity index (χ4n) is 15.7. The minimum absolute atomic E-state index is 0.0559. The molecule has 2 aliphatic heterocycles. The Kier molecular flexibility index (Phi) is 11.9. The standard InChI is InChI=1S/C88H65BN2O/c1-87(2,3)61-40-43-63(44-41-61)90-77-50-60(80-70(56-29-15-9-16-30-56)48-59(54-25-11-7-12-26-54)49-71(80)57-31-17-10-18-32-57)51-78-83(77)89(86-84(90)74-52-62(88(4,5)6)42-46-79(74)92-86)75-53-72-68-37-22-21-35-66(68)67-36-23-24-38-69(67)81(72)82-73-47-58(39-45-76(73)91(78)85(75)82)65-34-20-19-33-64(65)55-27-13-8-14-28-55/h7-53H,1-6H3. The SMILES string of the molecule is CC(C)(C)c1ccc(N2c3cc(-c4c(-c5ccccc5)cc(-c5ccccc5)cc4-c4ccccc4)cc4c3B(c3oc5ccc(C(C)(C)C)cc5c32)c2cc3c5ccccc5c5ccccc5c3c3c5cc(-c6ccccc6-c6ccccc6)ccc5n-4c23)cc1. The van der Waals surface area contributed by atoms with E-state index in [-0.39, 0.29) is 17.5 Å². The Bertz CT molecular complexity index is 5630. The maximum atomic E-state index is 7.73. The van der Waals surface area contributed by atoms with E-state index in [0.29, 0.717) is 0 Å². The summed E-state index contributed by atoms with van der Waals surface area (Å²) in [5, 5.41) is 11.1. The Balaban J connectivity index is 1.06. The summed E-state index contributed by atoms with van der Waals surface area (Å²) in [6.07, 6.45) is 0. The van der Waals surface area contributed by atoms with E-state index in [9.17, 15) is 0 Å². The van der Waals surface area contributed by atoms with Gasteiger partial charge in [0.2, 0.25) is 0 Å². The molecule has 0 saturated carbocycles. The molecule has 4 heteroatoms. The lowest BCUT2D eigenvalue weighted by molar-refractivity contribution is 0.590. The van der Waals surface area contributed by atoms with E-state index >= 15 is 0 Å². The smallest absolute Gasteiger partial charge is 0.297 e. The van der Waals surface area contributed by atoms with Gasteiger partial charge in [-0.25, -0.2) is 0 Å². The van der Waals surface area contributed by atoms with Crippen molar-refractivity contribution in [3.63, 3.8) is 0 Å². The first-order valence-electron chi connectivity index (χ1n) is 32.4. The van der Waals surface area contributed by atoms with Gasteiger partial charge in [0, 0.05) is 38.6 Å². The lowest BCUT2D eigenvalue weighted by Crippen LogP contribution is -2.60. The molecule has 0 fully saturated rings. The molecule has 0 radical (unpaired) electrons. The Labute approximate surface area is 537 Å². The number of hydrogen-bond donors (Lipinski definition) is 0. The highest BCUT2D eigenvalue weighted by Gasteiger charge is 2.47. The van der Waals surface area contributed by atoms with Gasteiger partial charge in [0.1, 0.15) is 5.58 Å². The maximum Gasteiger partial charge on any atom is 0.297 e. The second-order valence-electron chi connectivity index (χ2n) is 27.5. The highest BCUT2D eigenvalue weighted by molar-refractivity contribution is 7.00. The summed E-state index contributed by atoms with van der Waals surface area (Å²) in [6, 6.07) is 107. The second kappa shape index (κ2) is 20.3. The fourth-order valence-corrected chi connectivity index (χ4v) is 15.7. The summed E-state index contributed by atoms with van der Waals surface area (Å²) in [5.41, 5.74) is 27.5. The number of furan rings is 1. The zero-order valence-corrected chi connectivity index (χ0v) is 52.5. The lowest BCUT2D eigenvalue weighted by Gasteiger charge is -2.39. The number of anilines is 3. The quantitative estimate of drug-likeness (QED) is 0.117. The molecule has 3 nitrogen and oxygen atoms in total.